The summed E-state index contributed by atoms with van der Waals surface area (Å²) in [6.45, 7) is 4.72. The Morgan fingerprint density at radius 2 is 2.41 bits per heavy atom. The highest BCUT2D eigenvalue weighted by atomic mass is 32.2. The zero-order chi connectivity index (χ0) is 12.1. The average Bonchev–Trinajstić information content (AvgIpc) is 2.32. The van der Waals surface area contributed by atoms with Gasteiger partial charge in [-0.2, -0.15) is 0 Å². The molecular formula is C12H17N3OS. The van der Waals surface area contributed by atoms with Gasteiger partial charge < -0.3 is 10.1 Å². The lowest BCUT2D eigenvalue weighted by Crippen LogP contribution is -2.18. The Hall–Kier alpha value is -1.23. The van der Waals surface area contributed by atoms with Crippen molar-refractivity contribution in [1.82, 2.24) is 4.98 Å². The summed E-state index contributed by atoms with van der Waals surface area (Å²) in [4.78, 5) is 8.75. The molecule has 0 amide bonds. The second-order valence-corrected chi connectivity index (χ2v) is 4.95. The maximum absolute atomic E-state index is 5.29. The van der Waals surface area contributed by atoms with Gasteiger partial charge in [0.1, 0.15) is 0 Å². The highest BCUT2D eigenvalue weighted by Gasteiger charge is 2.11. The number of hydrogen-bond acceptors (Lipinski definition) is 5. The van der Waals surface area contributed by atoms with E-state index < -0.39 is 0 Å². The lowest BCUT2D eigenvalue weighted by Gasteiger charge is -2.17. The van der Waals surface area contributed by atoms with Gasteiger partial charge in [-0.05, 0) is 26.3 Å². The summed E-state index contributed by atoms with van der Waals surface area (Å²) in [6.07, 6.45) is 2.92. The quantitative estimate of drug-likeness (QED) is 0.897. The molecule has 0 aliphatic carbocycles. The molecule has 0 radical (unpaired) electrons. The number of aromatic nitrogens is 1. The normalized spacial score (nSPS) is 19.6. The van der Waals surface area contributed by atoms with Gasteiger partial charge in [0, 0.05) is 11.8 Å². The highest BCUT2D eigenvalue weighted by Crippen LogP contribution is 2.19. The molecule has 0 spiro atoms. The van der Waals surface area contributed by atoms with Gasteiger partial charge in [-0.15, -0.1) is 0 Å². The van der Waals surface area contributed by atoms with Crippen molar-refractivity contribution >= 4 is 22.6 Å². The summed E-state index contributed by atoms with van der Waals surface area (Å²) in [7, 11) is 0. The molecule has 17 heavy (non-hydrogen) atoms. The summed E-state index contributed by atoms with van der Waals surface area (Å²) in [5.41, 5.74) is 0.953. The summed E-state index contributed by atoms with van der Waals surface area (Å²) in [5.74, 6) is 1.78. The van der Waals surface area contributed by atoms with Crippen LogP contribution in [0.15, 0.2) is 23.3 Å². The molecule has 1 aromatic heterocycles. The zero-order valence-electron chi connectivity index (χ0n) is 10.1. The lowest BCUT2D eigenvalue weighted by molar-refractivity contribution is 0.327. The van der Waals surface area contributed by atoms with E-state index in [2.05, 4.69) is 22.2 Å². The highest BCUT2D eigenvalue weighted by molar-refractivity contribution is 8.14. The minimum absolute atomic E-state index is 0.411. The molecule has 1 aliphatic rings. The second-order valence-electron chi connectivity index (χ2n) is 3.86. The van der Waals surface area contributed by atoms with Crippen LogP contribution in [0.1, 0.15) is 20.3 Å². The number of aliphatic imine (C=N–C) groups is 1. The third kappa shape index (κ3) is 3.63. The Morgan fingerprint density at radius 3 is 3.06 bits per heavy atom. The van der Waals surface area contributed by atoms with E-state index in [9.17, 15) is 0 Å². The van der Waals surface area contributed by atoms with Crippen molar-refractivity contribution < 1.29 is 4.74 Å². The number of nitrogens with zero attached hydrogens (tertiary/aromatic N) is 2. The van der Waals surface area contributed by atoms with E-state index >= 15 is 0 Å². The number of anilines is 1. The number of ether oxygens (including phenoxy) is 1. The predicted octanol–water partition coefficient (Wildman–Crippen LogP) is 2.77. The first-order valence-corrected chi connectivity index (χ1v) is 6.83. The molecular weight excluding hydrogens is 234 g/mol. The van der Waals surface area contributed by atoms with Crippen LogP contribution in [0, 0.1) is 0 Å². The minimum atomic E-state index is 0.411. The Labute approximate surface area is 106 Å². The molecule has 0 aromatic carbocycles. The van der Waals surface area contributed by atoms with Gasteiger partial charge in [-0.1, -0.05) is 11.8 Å². The Balaban J connectivity index is 1.98. The van der Waals surface area contributed by atoms with Crippen molar-refractivity contribution in [3.05, 3.63) is 18.3 Å². The first-order valence-electron chi connectivity index (χ1n) is 5.84. The van der Waals surface area contributed by atoms with E-state index in [1.165, 1.54) is 0 Å². The van der Waals surface area contributed by atoms with Gasteiger partial charge in [0.05, 0.1) is 24.5 Å². The first-order chi connectivity index (χ1) is 8.28. The Bertz CT molecular complexity index is 391. The summed E-state index contributed by atoms with van der Waals surface area (Å²) in [6, 6.07) is 4.23. The van der Waals surface area contributed by atoms with Crippen molar-refractivity contribution in [1.29, 1.82) is 0 Å². The van der Waals surface area contributed by atoms with Crippen LogP contribution in [0.2, 0.25) is 0 Å². The average molecular weight is 251 g/mol. The van der Waals surface area contributed by atoms with Gasteiger partial charge in [0.2, 0.25) is 5.88 Å². The first kappa shape index (κ1) is 12.2. The van der Waals surface area contributed by atoms with E-state index in [4.69, 9.17) is 4.74 Å². The Morgan fingerprint density at radius 1 is 1.53 bits per heavy atom. The van der Waals surface area contributed by atoms with E-state index in [1.54, 1.807) is 18.0 Å². The summed E-state index contributed by atoms with van der Waals surface area (Å²) in [5, 5.41) is 4.26. The molecule has 4 nitrogen and oxygen atoms in total. The molecule has 92 valence electrons. The molecule has 1 atom stereocenters. The number of hydrogen-bond donors (Lipinski definition) is 1. The topological polar surface area (TPSA) is 46.5 Å². The molecule has 2 heterocycles. The molecule has 0 fully saturated rings. The maximum atomic E-state index is 5.29. The third-order valence-electron chi connectivity index (χ3n) is 2.39. The standard InChI is InChI=1S/C12H17N3OS/c1-3-16-11-5-4-10(8-13-11)15-12-14-9(2)6-7-17-12/h4-5,8-9H,3,6-7H2,1-2H3,(H,14,15). The van der Waals surface area contributed by atoms with Crippen molar-refractivity contribution in [2.24, 2.45) is 4.99 Å². The SMILES string of the molecule is CCOc1ccc(NC2=NC(C)CCS2)cn1. The van der Waals surface area contributed by atoms with E-state index in [-0.39, 0.29) is 0 Å². The lowest BCUT2D eigenvalue weighted by atomic mass is 10.3. The fraction of sp³-hybridized carbons (Fsp3) is 0.500. The van der Waals surface area contributed by atoms with Gasteiger partial charge in [-0.25, -0.2) is 4.98 Å². The molecule has 1 N–H and O–H groups in total. The molecule has 1 aliphatic heterocycles. The van der Waals surface area contributed by atoms with Crippen LogP contribution >= 0.6 is 11.8 Å². The Kier molecular flexibility index (Phi) is 4.25. The fourth-order valence-corrected chi connectivity index (χ4v) is 2.60. The number of thioether (sulfide) groups is 1. The number of nitrogens with one attached hydrogen (secondary N) is 1. The molecule has 5 heteroatoms. The largest absolute Gasteiger partial charge is 0.478 e. The monoisotopic (exact) mass is 251 g/mol. The van der Waals surface area contributed by atoms with Crippen LogP contribution in [-0.2, 0) is 0 Å². The molecule has 0 saturated heterocycles. The summed E-state index contributed by atoms with van der Waals surface area (Å²) < 4.78 is 5.29. The molecule has 0 bridgehead atoms. The van der Waals surface area contributed by atoms with Crippen LogP contribution in [-0.4, -0.2) is 28.6 Å². The van der Waals surface area contributed by atoms with Crippen LogP contribution in [0.25, 0.3) is 0 Å². The molecule has 1 aromatic rings. The van der Waals surface area contributed by atoms with Crippen LogP contribution < -0.4 is 10.1 Å². The fourth-order valence-electron chi connectivity index (χ4n) is 1.51. The summed E-state index contributed by atoms with van der Waals surface area (Å²) >= 11 is 1.76. The van der Waals surface area contributed by atoms with E-state index in [0.717, 1.165) is 23.0 Å². The number of rotatable bonds is 3. The number of pyridine rings is 1. The molecule has 2 rings (SSSR count). The maximum Gasteiger partial charge on any atom is 0.213 e. The zero-order valence-corrected chi connectivity index (χ0v) is 11.0. The minimum Gasteiger partial charge on any atom is -0.478 e. The second kappa shape index (κ2) is 5.91. The van der Waals surface area contributed by atoms with Crippen molar-refractivity contribution in [2.75, 3.05) is 17.7 Å². The van der Waals surface area contributed by atoms with Crippen molar-refractivity contribution in [3.8, 4) is 5.88 Å². The van der Waals surface area contributed by atoms with Gasteiger partial charge >= 0.3 is 0 Å². The van der Waals surface area contributed by atoms with E-state index in [1.807, 2.05) is 19.1 Å². The van der Waals surface area contributed by atoms with Gasteiger partial charge in [-0.3, -0.25) is 4.99 Å². The third-order valence-corrected chi connectivity index (χ3v) is 3.31. The number of amidine groups is 1. The van der Waals surface area contributed by atoms with Gasteiger partial charge in [0.15, 0.2) is 5.17 Å². The smallest absolute Gasteiger partial charge is 0.213 e. The predicted molar refractivity (Wildman–Crippen MR) is 73.0 cm³/mol. The van der Waals surface area contributed by atoms with Gasteiger partial charge in [0.25, 0.3) is 0 Å². The van der Waals surface area contributed by atoms with Crippen LogP contribution in [0.3, 0.4) is 0 Å². The molecule has 1 unspecified atom stereocenters. The van der Waals surface area contributed by atoms with E-state index in [0.29, 0.717) is 18.5 Å². The van der Waals surface area contributed by atoms with Crippen LogP contribution in [0.4, 0.5) is 5.69 Å². The van der Waals surface area contributed by atoms with Crippen molar-refractivity contribution in [3.63, 3.8) is 0 Å². The molecule has 0 saturated carbocycles. The van der Waals surface area contributed by atoms with Crippen LogP contribution in [0.5, 0.6) is 5.88 Å². The van der Waals surface area contributed by atoms with Crippen molar-refractivity contribution in [2.45, 2.75) is 26.3 Å².